The zero-order valence-electron chi connectivity index (χ0n) is 10.6. The SMILES string of the molecule is CC(C)CC(Nc1ccc([N+](=O)[O-])cc1Cl)C(=O)O. The maximum atomic E-state index is 11.1. The largest absolute Gasteiger partial charge is 0.480 e. The fourth-order valence-corrected chi connectivity index (χ4v) is 1.84. The minimum Gasteiger partial charge on any atom is -0.480 e. The van der Waals surface area contributed by atoms with E-state index in [-0.39, 0.29) is 16.6 Å². The first-order valence-corrected chi connectivity index (χ1v) is 6.12. The van der Waals surface area contributed by atoms with Gasteiger partial charge in [-0.2, -0.15) is 0 Å². The number of rotatable bonds is 6. The van der Waals surface area contributed by atoms with Crippen molar-refractivity contribution < 1.29 is 14.8 Å². The molecule has 1 atom stereocenters. The molecule has 1 aromatic carbocycles. The average Bonchev–Trinajstić information content (AvgIpc) is 2.29. The fraction of sp³-hybridized carbons (Fsp3) is 0.417. The van der Waals surface area contributed by atoms with Crippen molar-refractivity contribution in [3.8, 4) is 0 Å². The summed E-state index contributed by atoms with van der Waals surface area (Å²) < 4.78 is 0. The number of benzene rings is 1. The van der Waals surface area contributed by atoms with Gasteiger partial charge in [-0.15, -0.1) is 0 Å². The van der Waals surface area contributed by atoms with Crippen molar-refractivity contribution in [2.75, 3.05) is 5.32 Å². The number of nitro groups is 1. The van der Waals surface area contributed by atoms with E-state index in [9.17, 15) is 14.9 Å². The molecule has 0 fully saturated rings. The highest BCUT2D eigenvalue weighted by atomic mass is 35.5. The highest BCUT2D eigenvalue weighted by Crippen LogP contribution is 2.27. The van der Waals surface area contributed by atoms with Gasteiger partial charge in [0.15, 0.2) is 0 Å². The van der Waals surface area contributed by atoms with Crippen LogP contribution in [-0.4, -0.2) is 22.0 Å². The van der Waals surface area contributed by atoms with Crippen LogP contribution in [0, 0.1) is 16.0 Å². The van der Waals surface area contributed by atoms with Gasteiger partial charge in [0.25, 0.3) is 5.69 Å². The van der Waals surface area contributed by atoms with Gasteiger partial charge in [0, 0.05) is 12.1 Å². The molecule has 7 heteroatoms. The Bertz CT molecular complexity index is 491. The van der Waals surface area contributed by atoms with Crippen LogP contribution in [0.15, 0.2) is 18.2 Å². The normalized spacial score (nSPS) is 12.2. The molecule has 0 aromatic heterocycles. The van der Waals surface area contributed by atoms with E-state index in [0.717, 1.165) is 0 Å². The van der Waals surface area contributed by atoms with Gasteiger partial charge >= 0.3 is 5.97 Å². The third-order valence-corrected chi connectivity index (χ3v) is 2.81. The Kier molecular flexibility index (Phi) is 5.11. The number of aliphatic carboxylic acids is 1. The Morgan fingerprint density at radius 3 is 2.58 bits per heavy atom. The van der Waals surface area contributed by atoms with Gasteiger partial charge in [-0.1, -0.05) is 25.4 Å². The van der Waals surface area contributed by atoms with Crippen molar-refractivity contribution in [2.24, 2.45) is 5.92 Å². The zero-order valence-corrected chi connectivity index (χ0v) is 11.3. The first kappa shape index (κ1) is 15.2. The average molecular weight is 287 g/mol. The lowest BCUT2D eigenvalue weighted by atomic mass is 10.0. The van der Waals surface area contributed by atoms with Crippen LogP contribution in [0.25, 0.3) is 0 Å². The van der Waals surface area contributed by atoms with Crippen LogP contribution < -0.4 is 5.32 Å². The predicted octanol–water partition coefficient (Wildman–Crippen LogP) is 3.16. The van der Waals surface area contributed by atoms with Crippen molar-refractivity contribution in [1.82, 2.24) is 0 Å². The van der Waals surface area contributed by atoms with Gasteiger partial charge in [0.1, 0.15) is 6.04 Å². The second kappa shape index (κ2) is 6.38. The number of nitrogens with zero attached hydrogens (tertiary/aromatic N) is 1. The fourth-order valence-electron chi connectivity index (χ4n) is 1.62. The molecule has 0 aliphatic rings. The molecular formula is C12H15ClN2O4. The molecule has 6 nitrogen and oxygen atoms in total. The second-order valence-corrected chi connectivity index (χ2v) is 4.99. The summed E-state index contributed by atoms with van der Waals surface area (Å²) >= 11 is 5.90. The number of hydrogen-bond acceptors (Lipinski definition) is 4. The summed E-state index contributed by atoms with van der Waals surface area (Å²) in [6.45, 7) is 3.82. The third kappa shape index (κ3) is 4.40. The van der Waals surface area contributed by atoms with Gasteiger partial charge < -0.3 is 10.4 Å². The Morgan fingerprint density at radius 1 is 1.53 bits per heavy atom. The molecule has 19 heavy (non-hydrogen) atoms. The molecule has 0 radical (unpaired) electrons. The summed E-state index contributed by atoms with van der Waals surface area (Å²) in [5, 5.41) is 22.6. The van der Waals surface area contributed by atoms with Gasteiger partial charge in [-0.3, -0.25) is 10.1 Å². The topological polar surface area (TPSA) is 92.5 Å². The van der Waals surface area contributed by atoms with Crippen LogP contribution in [0.2, 0.25) is 5.02 Å². The summed E-state index contributed by atoms with van der Waals surface area (Å²) in [5.74, 6) is -0.784. The number of halogens is 1. The van der Waals surface area contributed by atoms with Crippen LogP contribution in [0.1, 0.15) is 20.3 Å². The number of nitro benzene ring substituents is 1. The zero-order chi connectivity index (χ0) is 14.6. The smallest absolute Gasteiger partial charge is 0.326 e. The lowest BCUT2D eigenvalue weighted by Gasteiger charge is -2.18. The first-order chi connectivity index (χ1) is 8.81. The summed E-state index contributed by atoms with van der Waals surface area (Å²) in [5.41, 5.74) is 0.242. The van der Waals surface area contributed by atoms with Crippen molar-refractivity contribution in [1.29, 1.82) is 0 Å². The summed E-state index contributed by atoms with van der Waals surface area (Å²) in [4.78, 5) is 21.1. The highest BCUT2D eigenvalue weighted by molar-refractivity contribution is 6.33. The number of nitrogens with one attached hydrogen (secondary N) is 1. The summed E-state index contributed by atoms with van der Waals surface area (Å²) in [7, 11) is 0. The molecule has 0 amide bonds. The maximum absolute atomic E-state index is 11.1. The molecule has 0 heterocycles. The first-order valence-electron chi connectivity index (χ1n) is 5.74. The molecule has 0 bridgehead atoms. The van der Waals surface area contributed by atoms with Crippen LogP contribution in [0.4, 0.5) is 11.4 Å². The number of carbonyl (C=O) groups is 1. The monoisotopic (exact) mass is 286 g/mol. The number of hydrogen-bond donors (Lipinski definition) is 2. The molecule has 0 saturated carbocycles. The molecule has 0 spiro atoms. The standard InChI is InChI=1S/C12H15ClN2O4/c1-7(2)5-11(12(16)17)14-10-4-3-8(15(18)19)6-9(10)13/h3-4,6-7,11,14H,5H2,1-2H3,(H,16,17). The van der Waals surface area contributed by atoms with Gasteiger partial charge in [-0.25, -0.2) is 4.79 Å². The molecule has 1 aromatic rings. The minimum absolute atomic E-state index is 0.129. The van der Waals surface area contributed by atoms with Crippen LogP contribution in [0.3, 0.4) is 0 Å². The summed E-state index contributed by atoms with van der Waals surface area (Å²) in [6, 6.07) is 3.11. The molecule has 1 rings (SSSR count). The van der Waals surface area contributed by atoms with Gasteiger partial charge in [0.2, 0.25) is 0 Å². The Hall–Kier alpha value is -1.82. The van der Waals surface area contributed by atoms with E-state index >= 15 is 0 Å². The van der Waals surface area contributed by atoms with Crippen LogP contribution in [0.5, 0.6) is 0 Å². The predicted molar refractivity (Wildman–Crippen MR) is 72.6 cm³/mol. The Balaban J connectivity index is 2.91. The van der Waals surface area contributed by atoms with E-state index in [0.29, 0.717) is 12.1 Å². The Morgan fingerprint density at radius 2 is 2.16 bits per heavy atom. The van der Waals surface area contributed by atoms with Crippen molar-refractivity contribution in [3.05, 3.63) is 33.3 Å². The van der Waals surface area contributed by atoms with Crippen molar-refractivity contribution in [3.63, 3.8) is 0 Å². The molecule has 2 N–H and O–H groups in total. The molecule has 1 unspecified atom stereocenters. The third-order valence-electron chi connectivity index (χ3n) is 2.50. The van der Waals surface area contributed by atoms with E-state index in [4.69, 9.17) is 16.7 Å². The summed E-state index contributed by atoms with van der Waals surface area (Å²) in [6.07, 6.45) is 0.433. The number of carboxylic acids is 1. The van der Waals surface area contributed by atoms with E-state index in [2.05, 4.69) is 5.32 Å². The van der Waals surface area contributed by atoms with E-state index < -0.39 is 16.9 Å². The molecule has 0 aliphatic heterocycles. The number of non-ortho nitro benzene ring substituents is 1. The van der Waals surface area contributed by atoms with Crippen molar-refractivity contribution in [2.45, 2.75) is 26.3 Å². The lowest BCUT2D eigenvalue weighted by molar-refractivity contribution is -0.384. The molecular weight excluding hydrogens is 272 g/mol. The van der Waals surface area contributed by atoms with E-state index in [1.54, 1.807) is 0 Å². The van der Waals surface area contributed by atoms with E-state index in [1.165, 1.54) is 18.2 Å². The van der Waals surface area contributed by atoms with Crippen molar-refractivity contribution >= 4 is 28.9 Å². The van der Waals surface area contributed by atoms with Gasteiger partial charge in [-0.05, 0) is 18.4 Å². The van der Waals surface area contributed by atoms with Gasteiger partial charge in [0.05, 0.1) is 15.6 Å². The number of carboxylic acid groups (broad SMARTS) is 1. The quantitative estimate of drug-likeness (QED) is 0.619. The lowest BCUT2D eigenvalue weighted by Crippen LogP contribution is -2.30. The van der Waals surface area contributed by atoms with Crippen LogP contribution in [-0.2, 0) is 4.79 Å². The second-order valence-electron chi connectivity index (χ2n) is 4.59. The maximum Gasteiger partial charge on any atom is 0.326 e. The van der Waals surface area contributed by atoms with E-state index in [1.807, 2.05) is 13.8 Å². The minimum atomic E-state index is -0.983. The highest BCUT2D eigenvalue weighted by Gasteiger charge is 2.20. The molecule has 0 saturated heterocycles. The van der Waals surface area contributed by atoms with Crippen LogP contribution >= 0.6 is 11.6 Å². The molecule has 104 valence electrons. The number of anilines is 1. The Labute approximate surface area is 115 Å². The molecule has 0 aliphatic carbocycles.